The van der Waals surface area contributed by atoms with Gasteiger partial charge in [-0.25, -0.2) is 13.9 Å². The number of ketones is 1. The minimum Gasteiger partial charge on any atom is -0.497 e. The molecule has 0 bridgehead atoms. The van der Waals surface area contributed by atoms with Gasteiger partial charge in [0.15, 0.2) is 5.65 Å². The summed E-state index contributed by atoms with van der Waals surface area (Å²) in [4.78, 5) is 20.1. The number of halogens is 2. The van der Waals surface area contributed by atoms with Crippen molar-refractivity contribution in [1.29, 1.82) is 0 Å². The lowest BCUT2D eigenvalue weighted by Crippen LogP contribution is -2.24. The first-order chi connectivity index (χ1) is 20.5. The zero-order valence-corrected chi connectivity index (χ0v) is 26.0. The molecule has 4 aromatic rings. The van der Waals surface area contributed by atoms with Crippen molar-refractivity contribution in [3.8, 4) is 11.5 Å². The Bertz CT molecular complexity index is 1540. The largest absolute Gasteiger partial charge is 0.497 e. The van der Waals surface area contributed by atoms with Gasteiger partial charge in [0, 0.05) is 34.7 Å². The molecule has 3 atom stereocenters. The molecule has 0 radical (unpaired) electrons. The van der Waals surface area contributed by atoms with E-state index in [1.54, 1.807) is 17.7 Å². The molecule has 1 saturated heterocycles. The number of hydrogen-bond donors (Lipinski definition) is 0. The van der Waals surface area contributed by atoms with Gasteiger partial charge in [-0.05, 0) is 128 Å². The number of aromatic nitrogens is 3. The molecule has 7 nitrogen and oxygen atoms in total. The van der Waals surface area contributed by atoms with Crippen molar-refractivity contribution in [3.63, 3.8) is 0 Å². The summed E-state index contributed by atoms with van der Waals surface area (Å²) in [5, 5.41) is 4.48. The summed E-state index contributed by atoms with van der Waals surface area (Å²) in [6.45, 7) is 0.871. The fourth-order valence-electron chi connectivity index (χ4n) is 6.39. The quantitative estimate of drug-likeness (QED) is 0.154. The van der Waals surface area contributed by atoms with Crippen molar-refractivity contribution >= 4 is 39.8 Å². The highest BCUT2D eigenvalue weighted by molar-refractivity contribution is 14.1. The smallest absolute Gasteiger partial charge is 0.160 e. The van der Waals surface area contributed by atoms with Gasteiger partial charge in [-0.15, -0.1) is 0 Å². The molecule has 42 heavy (non-hydrogen) atoms. The molecular weight excluding hydrogens is 646 g/mol. The molecule has 0 N–H and O–H groups in total. The first kappa shape index (κ1) is 28.9. The van der Waals surface area contributed by atoms with E-state index < -0.39 is 0 Å². The summed E-state index contributed by atoms with van der Waals surface area (Å²) >= 11 is 2.29. The molecule has 1 unspecified atom stereocenters. The Kier molecular flexibility index (Phi) is 8.92. The van der Waals surface area contributed by atoms with Crippen LogP contribution in [0.5, 0.6) is 11.5 Å². The third kappa shape index (κ3) is 6.55. The number of Topliss-reactive ketones (excluding diaryl/α,β-unsaturated/α-hetero) is 1. The molecule has 220 valence electrons. The van der Waals surface area contributed by atoms with E-state index >= 15 is 0 Å². The Morgan fingerprint density at radius 1 is 1.07 bits per heavy atom. The zero-order valence-electron chi connectivity index (χ0n) is 23.8. The molecule has 9 heteroatoms. The predicted molar refractivity (Wildman–Crippen MR) is 169 cm³/mol. The van der Waals surface area contributed by atoms with Crippen LogP contribution in [0.25, 0.3) is 5.65 Å². The third-order valence-corrected chi connectivity index (χ3v) is 9.63. The molecule has 2 fully saturated rings. The van der Waals surface area contributed by atoms with E-state index in [0.29, 0.717) is 25.2 Å². The summed E-state index contributed by atoms with van der Waals surface area (Å²) in [5.74, 6) is 3.15. The highest BCUT2D eigenvalue weighted by Crippen LogP contribution is 2.38. The maximum Gasteiger partial charge on any atom is 0.160 e. The summed E-state index contributed by atoms with van der Waals surface area (Å²) in [7, 11) is 1.66. The lowest BCUT2D eigenvalue weighted by Gasteiger charge is -2.27. The van der Waals surface area contributed by atoms with Crippen LogP contribution in [0, 0.1) is 15.3 Å². The standard InChI is InChI=1S/C33H36FIN4O3/c1-41-26-11-13-27(14-12-26)42-28-10-5-22(19-28)4-8-25(40)9-6-23-21-36-39-18-16-32(37-33(23)39)38-17-2-3-31(38)29-20-24(34)7-15-30(29)35/h7,11-16,18,20-22,28,31H,2-6,8-10,17,19H2,1H3/t22?,28-,31+/m0/s1. The number of carbonyl (C=O) groups is 1. The van der Waals surface area contributed by atoms with Crippen molar-refractivity contribution in [3.05, 3.63) is 81.4 Å². The minimum absolute atomic E-state index is 0.0901. The van der Waals surface area contributed by atoms with Crippen LogP contribution >= 0.6 is 22.6 Å². The van der Waals surface area contributed by atoms with Crippen LogP contribution in [-0.4, -0.2) is 40.1 Å². The molecule has 3 heterocycles. The Hall–Kier alpha value is -3.21. The molecule has 1 saturated carbocycles. The molecule has 0 amide bonds. The molecule has 0 spiro atoms. The molecule has 1 aliphatic carbocycles. The van der Waals surface area contributed by atoms with Crippen LogP contribution in [0.15, 0.2) is 60.9 Å². The number of ether oxygens (including phenoxy) is 2. The topological polar surface area (TPSA) is 69.0 Å². The van der Waals surface area contributed by atoms with E-state index in [1.807, 2.05) is 48.8 Å². The van der Waals surface area contributed by atoms with Crippen molar-refractivity contribution in [2.45, 2.75) is 69.9 Å². The summed E-state index contributed by atoms with van der Waals surface area (Å²) in [6, 6.07) is 14.8. The van der Waals surface area contributed by atoms with Crippen LogP contribution in [0.3, 0.4) is 0 Å². The number of nitrogens with zero attached hydrogens (tertiary/aromatic N) is 4. The van der Waals surface area contributed by atoms with Gasteiger partial charge in [0.25, 0.3) is 0 Å². The molecule has 2 aromatic heterocycles. The van der Waals surface area contributed by atoms with Gasteiger partial charge in [-0.3, -0.25) is 4.79 Å². The first-order valence-electron chi connectivity index (χ1n) is 14.8. The van der Waals surface area contributed by atoms with Crippen LogP contribution in [0.4, 0.5) is 10.2 Å². The van der Waals surface area contributed by atoms with E-state index in [1.165, 1.54) is 6.07 Å². The number of rotatable bonds is 11. The normalized spacial score (nSPS) is 20.4. The second-order valence-electron chi connectivity index (χ2n) is 11.4. The number of aryl methyl sites for hydroxylation is 1. The maximum atomic E-state index is 14.1. The van der Waals surface area contributed by atoms with Crippen LogP contribution in [0.1, 0.15) is 68.5 Å². The van der Waals surface area contributed by atoms with Crippen LogP contribution in [0.2, 0.25) is 0 Å². The molecule has 2 aliphatic rings. The van der Waals surface area contributed by atoms with E-state index in [2.05, 4.69) is 32.6 Å². The fourth-order valence-corrected chi connectivity index (χ4v) is 7.08. The second kappa shape index (κ2) is 13.0. The Balaban J connectivity index is 1.03. The average Bonchev–Trinajstić information content (AvgIpc) is 3.76. The van der Waals surface area contributed by atoms with Crippen LogP contribution in [-0.2, 0) is 11.2 Å². The second-order valence-corrected chi connectivity index (χ2v) is 12.6. The van der Waals surface area contributed by atoms with Gasteiger partial charge in [-0.1, -0.05) is 0 Å². The van der Waals surface area contributed by atoms with Gasteiger partial charge < -0.3 is 14.4 Å². The lowest BCUT2D eigenvalue weighted by molar-refractivity contribution is -0.119. The molecule has 1 aliphatic heterocycles. The number of anilines is 1. The Labute approximate surface area is 259 Å². The van der Waals surface area contributed by atoms with Crippen molar-refractivity contribution < 1.29 is 18.7 Å². The Morgan fingerprint density at radius 2 is 1.90 bits per heavy atom. The van der Waals surface area contributed by atoms with E-state index in [0.717, 1.165) is 82.7 Å². The van der Waals surface area contributed by atoms with Crippen molar-refractivity contribution in [2.75, 3.05) is 18.6 Å². The summed E-state index contributed by atoms with van der Waals surface area (Å²) < 4.78 is 28.3. The lowest BCUT2D eigenvalue weighted by atomic mass is 9.98. The monoisotopic (exact) mass is 682 g/mol. The number of carbonyl (C=O) groups excluding carboxylic acids is 1. The number of fused-ring (bicyclic) bond motifs is 1. The summed E-state index contributed by atoms with van der Waals surface area (Å²) in [6.07, 6.45) is 11.7. The molecule has 2 aromatic carbocycles. The Morgan fingerprint density at radius 3 is 2.74 bits per heavy atom. The van der Waals surface area contributed by atoms with Crippen molar-refractivity contribution in [1.82, 2.24) is 14.6 Å². The number of methoxy groups -OCH3 is 1. The maximum absolute atomic E-state index is 14.1. The SMILES string of the molecule is COc1ccc(O[C@H]2CCC(CCC(=O)CCc3cnn4ccc(N5CCC[C@@H]5c5cc(F)ccc5I)nc34)C2)cc1. The highest BCUT2D eigenvalue weighted by Gasteiger charge is 2.30. The van der Waals surface area contributed by atoms with Gasteiger partial charge in [0.2, 0.25) is 0 Å². The van der Waals surface area contributed by atoms with E-state index in [-0.39, 0.29) is 23.7 Å². The van der Waals surface area contributed by atoms with Gasteiger partial charge in [0.1, 0.15) is 28.9 Å². The number of benzene rings is 2. The average molecular weight is 683 g/mol. The third-order valence-electron chi connectivity index (χ3n) is 8.65. The predicted octanol–water partition coefficient (Wildman–Crippen LogP) is 7.35. The van der Waals surface area contributed by atoms with Gasteiger partial charge >= 0.3 is 0 Å². The fraction of sp³-hybridized carbons (Fsp3) is 0.424. The van der Waals surface area contributed by atoms with E-state index in [9.17, 15) is 9.18 Å². The zero-order chi connectivity index (χ0) is 29.1. The summed E-state index contributed by atoms with van der Waals surface area (Å²) in [5.41, 5.74) is 2.78. The van der Waals surface area contributed by atoms with E-state index in [4.69, 9.17) is 14.5 Å². The minimum atomic E-state index is -0.210. The van der Waals surface area contributed by atoms with Crippen LogP contribution < -0.4 is 14.4 Å². The first-order valence-corrected chi connectivity index (χ1v) is 15.9. The number of hydrogen-bond acceptors (Lipinski definition) is 6. The van der Waals surface area contributed by atoms with Gasteiger partial charge in [0.05, 0.1) is 25.5 Å². The molecular formula is C33H36FIN4O3. The highest BCUT2D eigenvalue weighted by atomic mass is 127. The van der Waals surface area contributed by atoms with Crippen molar-refractivity contribution in [2.24, 2.45) is 5.92 Å². The molecule has 6 rings (SSSR count). The van der Waals surface area contributed by atoms with Gasteiger partial charge in [-0.2, -0.15) is 5.10 Å².